The molecular weight excluding hydrogens is 474 g/mol. The van der Waals surface area contributed by atoms with Crippen molar-refractivity contribution in [2.24, 2.45) is 0 Å². The molecule has 0 bridgehead atoms. The smallest absolute Gasteiger partial charge is 0.139 e. The van der Waals surface area contributed by atoms with Crippen molar-refractivity contribution in [2.45, 2.75) is 25.6 Å². The van der Waals surface area contributed by atoms with Gasteiger partial charge >= 0.3 is 0 Å². The highest BCUT2D eigenvalue weighted by Crippen LogP contribution is 2.54. The molecule has 0 spiro atoms. The number of piperidine rings is 1. The van der Waals surface area contributed by atoms with Crippen molar-refractivity contribution >= 4 is 36.0 Å². The van der Waals surface area contributed by atoms with E-state index in [0.29, 0.717) is 12.8 Å². The number of rotatable bonds is 7. The van der Waals surface area contributed by atoms with Gasteiger partial charge in [0, 0.05) is 34.9 Å². The molecule has 0 aliphatic carbocycles. The van der Waals surface area contributed by atoms with Crippen molar-refractivity contribution in [3.8, 4) is 11.1 Å². The summed E-state index contributed by atoms with van der Waals surface area (Å²) < 4.78 is 11.1. The lowest BCUT2D eigenvalue weighted by atomic mass is 10.1. The van der Waals surface area contributed by atoms with Crippen LogP contribution in [0.4, 0.5) is 0 Å². The Bertz CT molecular complexity index is 1050. The van der Waals surface area contributed by atoms with Crippen LogP contribution in [0.25, 0.3) is 22.0 Å². The Morgan fingerprint density at radius 3 is 2.58 bits per heavy atom. The van der Waals surface area contributed by atoms with E-state index < -0.39 is 9.16 Å². The summed E-state index contributed by atoms with van der Waals surface area (Å²) >= 11 is 3.56. The number of thiol groups is 1. The lowest BCUT2D eigenvalue weighted by Gasteiger charge is -2.46. The third-order valence-electron chi connectivity index (χ3n) is 6.07. The quantitative estimate of drug-likeness (QED) is 0.289. The molecule has 0 radical (unpaired) electrons. The molecule has 4 heterocycles. The summed E-state index contributed by atoms with van der Waals surface area (Å²) in [4.78, 5) is 6.92. The van der Waals surface area contributed by atoms with Crippen LogP contribution in [0.1, 0.15) is 18.9 Å². The molecule has 3 aromatic rings. The van der Waals surface area contributed by atoms with Crippen molar-refractivity contribution in [3.63, 3.8) is 0 Å². The van der Waals surface area contributed by atoms with E-state index in [4.69, 9.17) is 4.74 Å². The molecule has 31 heavy (non-hydrogen) atoms. The van der Waals surface area contributed by atoms with Crippen molar-refractivity contribution in [2.75, 3.05) is 57.5 Å². The fourth-order valence-electron chi connectivity index (χ4n) is 4.09. The number of hydrogen-bond acceptors (Lipinski definition) is 4. The molecule has 6 nitrogen and oxygen atoms in total. The molecule has 0 aromatic carbocycles. The number of fused-ring (bicyclic) bond motifs is 1. The van der Waals surface area contributed by atoms with Gasteiger partial charge < -0.3 is 14.2 Å². The monoisotopic (exact) mass is 509 g/mol. The van der Waals surface area contributed by atoms with E-state index in [1.165, 1.54) is 16.5 Å². The Balaban J connectivity index is 1.55. The highest BCUT2D eigenvalue weighted by atomic mass is 79.9. The zero-order valence-electron chi connectivity index (χ0n) is 19.4. The highest BCUT2D eigenvalue weighted by Gasteiger charge is 2.22. The van der Waals surface area contributed by atoms with Crippen molar-refractivity contribution < 1.29 is 4.74 Å². The molecule has 0 amide bonds. The molecule has 1 aliphatic rings. The van der Waals surface area contributed by atoms with Crippen LogP contribution in [0.2, 0.25) is 0 Å². The highest BCUT2D eigenvalue weighted by molar-refractivity contribution is 9.10. The summed E-state index contributed by atoms with van der Waals surface area (Å²) in [6.45, 7) is 3.54. The van der Waals surface area contributed by atoms with Crippen LogP contribution in [0.15, 0.2) is 35.5 Å². The molecule has 1 aliphatic heterocycles. The number of aromatic nitrogens is 4. The Hall–Kier alpha value is -1.35. The first kappa shape index (κ1) is 22.8. The third-order valence-corrected chi connectivity index (χ3v) is 8.47. The molecule has 8 heteroatoms. The largest absolute Gasteiger partial charge is 0.359 e. The van der Waals surface area contributed by atoms with E-state index in [9.17, 15) is 0 Å². The molecule has 0 saturated carbocycles. The summed E-state index contributed by atoms with van der Waals surface area (Å²) in [6, 6.07) is 2.63. The number of hydrogen-bond donors (Lipinski definition) is 1. The van der Waals surface area contributed by atoms with Crippen LogP contribution in [-0.4, -0.2) is 81.8 Å². The first-order chi connectivity index (χ1) is 14.6. The van der Waals surface area contributed by atoms with Gasteiger partial charge in [-0.25, -0.2) is 9.67 Å². The average molecular weight is 511 g/mol. The first-order valence-electron chi connectivity index (χ1n) is 11.0. The van der Waals surface area contributed by atoms with E-state index >= 15 is 0 Å². The van der Waals surface area contributed by atoms with Crippen molar-refractivity contribution in [1.82, 2.24) is 24.2 Å². The second kappa shape index (κ2) is 8.54. The zero-order chi connectivity index (χ0) is 22.2. The first-order valence-corrected chi connectivity index (χ1v) is 16.0. The van der Waals surface area contributed by atoms with Gasteiger partial charge in [-0.15, -0.1) is 0 Å². The van der Waals surface area contributed by atoms with Crippen LogP contribution < -0.4 is 0 Å². The third kappa shape index (κ3) is 5.72. The SMILES string of the molecule is CN1CCC(n2cc(-c3cnn(COCC[SH](C)(C)(C)C)c3)c3cc(Br)ncc32)CC1. The van der Waals surface area contributed by atoms with E-state index in [1.807, 2.05) is 17.1 Å². The Labute approximate surface area is 194 Å². The Kier molecular flexibility index (Phi) is 6.29. The fourth-order valence-corrected chi connectivity index (χ4v) is 5.28. The number of ether oxygens (including phenoxy) is 1. The van der Waals surface area contributed by atoms with Gasteiger partial charge in [0.25, 0.3) is 0 Å². The van der Waals surface area contributed by atoms with Gasteiger partial charge in [0.15, 0.2) is 0 Å². The summed E-state index contributed by atoms with van der Waals surface area (Å²) in [5.41, 5.74) is 3.52. The number of nitrogens with zero attached hydrogens (tertiary/aromatic N) is 5. The number of likely N-dealkylation sites (tertiary alicyclic amines) is 1. The van der Waals surface area contributed by atoms with Crippen LogP contribution in [-0.2, 0) is 11.5 Å². The van der Waals surface area contributed by atoms with Gasteiger partial charge in [0.2, 0.25) is 0 Å². The topological polar surface area (TPSA) is 48.1 Å². The molecule has 0 N–H and O–H groups in total. The predicted molar refractivity (Wildman–Crippen MR) is 138 cm³/mol. The minimum Gasteiger partial charge on any atom is -0.359 e. The van der Waals surface area contributed by atoms with Crippen LogP contribution in [0.5, 0.6) is 0 Å². The standard InChI is InChI=1S/C23H36BrN5OS/c1-27-8-6-19(7-9-27)29-16-21(20-12-23(24)25-14-22(20)29)18-13-26-28(15-18)17-30-10-11-31(2,3,4)5/h12-16,19,31H,6-11,17H2,1-5H3. The van der Waals surface area contributed by atoms with E-state index in [-0.39, 0.29) is 0 Å². The Morgan fingerprint density at radius 1 is 1.13 bits per heavy atom. The maximum atomic E-state index is 5.93. The van der Waals surface area contributed by atoms with Gasteiger partial charge in [-0.2, -0.15) is 5.10 Å². The molecule has 172 valence electrons. The molecule has 4 rings (SSSR count). The lowest BCUT2D eigenvalue weighted by molar-refractivity contribution is 0.0808. The number of halogens is 1. The molecular formula is C23H36BrN5OS. The second-order valence-electron chi connectivity index (χ2n) is 11.0. The maximum Gasteiger partial charge on any atom is 0.139 e. The van der Waals surface area contributed by atoms with Gasteiger partial charge in [-0.3, -0.25) is 9.16 Å². The van der Waals surface area contributed by atoms with E-state index in [0.717, 1.165) is 48.5 Å². The predicted octanol–water partition coefficient (Wildman–Crippen LogP) is 4.49. The molecule has 3 aromatic heterocycles. The summed E-state index contributed by atoms with van der Waals surface area (Å²) in [7, 11) is 0.674. The normalized spacial score (nSPS) is 17.8. The van der Waals surface area contributed by atoms with Crippen LogP contribution >= 0.6 is 25.1 Å². The summed E-state index contributed by atoms with van der Waals surface area (Å²) in [6.07, 6.45) is 20.2. The summed E-state index contributed by atoms with van der Waals surface area (Å²) in [5.74, 6) is 1.13. The zero-order valence-corrected chi connectivity index (χ0v) is 21.9. The van der Waals surface area contributed by atoms with Crippen molar-refractivity contribution in [3.05, 3.63) is 35.5 Å². The van der Waals surface area contributed by atoms with Gasteiger partial charge in [-0.05, 0) is 85.8 Å². The molecule has 1 saturated heterocycles. The van der Waals surface area contributed by atoms with Crippen LogP contribution in [0.3, 0.4) is 0 Å². The van der Waals surface area contributed by atoms with Gasteiger partial charge in [-0.1, -0.05) is 0 Å². The lowest BCUT2D eigenvalue weighted by Crippen LogP contribution is -2.31. The summed E-state index contributed by atoms with van der Waals surface area (Å²) in [5, 5.41) is 5.78. The number of pyridine rings is 1. The fraction of sp³-hybridized carbons (Fsp3) is 0.565. The molecule has 0 unspecified atom stereocenters. The molecule has 1 fully saturated rings. The molecule has 0 atom stereocenters. The minimum atomic E-state index is -1.53. The van der Waals surface area contributed by atoms with Gasteiger partial charge in [0.05, 0.1) is 24.5 Å². The minimum absolute atomic E-state index is 0.491. The second-order valence-corrected chi connectivity index (χ2v) is 20.1. The van der Waals surface area contributed by atoms with E-state index in [2.05, 4.69) is 86.0 Å². The average Bonchev–Trinajstić information content (AvgIpc) is 3.29. The van der Waals surface area contributed by atoms with Gasteiger partial charge in [0.1, 0.15) is 11.3 Å². The van der Waals surface area contributed by atoms with Crippen LogP contribution in [0, 0.1) is 0 Å². The van der Waals surface area contributed by atoms with Crippen molar-refractivity contribution in [1.29, 1.82) is 0 Å². The Morgan fingerprint density at radius 2 is 1.87 bits per heavy atom. The maximum absolute atomic E-state index is 5.93. The van der Waals surface area contributed by atoms with E-state index in [1.54, 1.807) is 0 Å².